The summed E-state index contributed by atoms with van der Waals surface area (Å²) in [6, 6.07) is 0. The molecule has 0 radical (unpaired) electrons. The third-order valence-electron chi connectivity index (χ3n) is 5.33. The van der Waals surface area contributed by atoms with Gasteiger partial charge in [-0.25, -0.2) is 4.79 Å². The van der Waals surface area contributed by atoms with Crippen molar-refractivity contribution in [1.29, 1.82) is 0 Å². The molecule has 3 rings (SSSR count). The standard InChI is InChI=1S/C17H24O11/c1-25-14(23)8-5-26-15(10-7(8)2-3-17(10,24)6-19)28-16-13(22)12(21)11(20)9(4-18)27-16/h2-3,5,7,9-13,15-16,18-22,24H,4,6H2,1H3/t7-,9+,10+,11+,12-,13+,15-,16-,17-/m0/s1. The number of fused-ring (bicyclic) bond motifs is 1. The Morgan fingerprint density at radius 2 is 1.89 bits per heavy atom. The van der Waals surface area contributed by atoms with E-state index in [4.69, 9.17) is 18.9 Å². The molecular formula is C17H24O11. The molecule has 0 unspecified atom stereocenters. The molecule has 11 heteroatoms. The van der Waals surface area contributed by atoms with Crippen LogP contribution in [0.15, 0.2) is 24.0 Å². The summed E-state index contributed by atoms with van der Waals surface area (Å²) in [5.41, 5.74) is -1.70. The van der Waals surface area contributed by atoms with Crippen LogP contribution in [0.4, 0.5) is 0 Å². The third-order valence-corrected chi connectivity index (χ3v) is 5.33. The molecule has 158 valence electrons. The fourth-order valence-corrected chi connectivity index (χ4v) is 3.71. The Labute approximate surface area is 160 Å². The fourth-order valence-electron chi connectivity index (χ4n) is 3.71. The zero-order chi connectivity index (χ0) is 20.6. The quantitative estimate of drug-likeness (QED) is 0.200. The molecule has 6 N–H and O–H groups in total. The molecule has 11 nitrogen and oxygen atoms in total. The number of carbonyl (C=O) groups is 1. The summed E-state index contributed by atoms with van der Waals surface area (Å²) in [4.78, 5) is 12.0. The number of allylic oxidation sites excluding steroid dienone is 1. The average molecular weight is 404 g/mol. The number of carbonyl (C=O) groups excluding carboxylic acids is 1. The maximum atomic E-state index is 12.0. The Bertz CT molecular complexity index is 647. The van der Waals surface area contributed by atoms with Crippen LogP contribution in [0, 0.1) is 11.8 Å². The predicted molar refractivity (Wildman–Crippen MR) is 88.0 cm³/mol. The van der Waals surface area contributed by atoms with E-state index in [-0.39, 0.29) is 5.57 Å². The molecule has 1 aliphatic carbocycles. The monoisotopic (exact) mass is 404 g/mol. The molecule has 1 fully saturated rings. The van der Waals surface area contributed by atoms with E-state index in [1.165, 1.54) is 19.3 Å². The first kappa shape index (κ1) is 21.1. The number of aliphatic hydroxyl groups excluding tert-OH is 5. The van der Waals surface area contributed by atoms with Crippen LogP contribution in [-0.2, 0) is 23.7 Å². The van der Waals surface area contributed by atoms with Gasteiger partial charge in [0.2, 0.25) is 6.29 Å². The summed E-state index contributed by atoms with van der Waals surface area (Å²) in [5.74, 6) is -2.40. The van der Waals surface area contributed by atoms with Crippen molar-refractivity contribution in [3.63, 3.8) is 0 Å². The van der Waals surface area contributed by atoms with E-state index in [2.05, 4.69) is 0 Å². The summed E-state index contributed by atoms with van der Waals surface area (Å²) in [6.45, 7) is -1.34. The van der Waals surface area contributed by atoms with Crippen molar-refractivity contribution in [2.75, 3.05) is 20.3 Å². The van der Waals surface area contributed by atoms with E-state index >= 15 is 0 Å². The zero-order valence-corrected chi connectivity index (χ0v) is 15.0. The molecule has 0 spiro atoms. The molecule has 9 atom stereocenters. The Balaban J connectivity index is 1.85. The van der Waals surface area contributed by atoms with Crippen molar-refractivity contribution < 1.29 is 54.4 Å². The highest BCUT2D eigenvalue weighted by atomic mass is 16.8. The van der Waals surface area contributed by atoms with Crippen molar-refractivity contribution in [2.24, 2.45) is 11.8 Å². The maximum absolute atomic E-state index is 12.0. The molecule has 0 saturated carbocycles. The lowest BCUT2D eigenvalue weighted by atomic mass is 9.79. The molecular weight excluding hydrogens is 380 g/mol. The molecule has 2 aliphatic heterocycles. The van der Waals surface area contributed by atoms with E-state index in [1.54, 1.807) is 0 Å². The second kappa shape index (κ2) is 8.05. The summed E-state index contributed by atoms with van der Waals surface area (Å²) >= 11 is 0. The van der Waals surface area contributed by atoms with Gasteiger partial charge in [-0.15, -0.1) is 0 Å². The molecule has 0 amide bonds. The minimum atomic E-state index is -1.79. The van der Waals surface area contributed by atoms with Crippen LogP contribution in [-0.4, -0.2) is 99.5 Å². The van der Waals surface area contributed by atoms with Crippen molar-refractivity contribution in [2.45, 2.75) is 42.6 Å². The summed E-state index contributed by atoms with van der Waals surface area (Å²) in [6.07, 6.45) is -4.99. The highest BCUT2D eigenvalue weighted by molar-refractivity contribution is 5.89. The first-order valence-corrected chi connectivity index (χ1v) is 8.69. The number of aliphatic hydroxyl groups is 6. The van der Waals surface area contributed by atoms with E-state index in [9.17, 15) is 35.4 Å². The lowest BCUT2D eigenvalue weighted by molar-refractivity contribution is -0.346. The van der Waals surface area contributed by atoms with E-state index in [0.29, 0.717) is 0 Å². The van der Waals surface area contributed by atoms with Gasteiger partial charge in [0.15, 0.2) is 6.29 Å². The number of esters is 1. The van der Waals surface area contributed by atoms with Gasteiger partial charge in [0.25, 0.3) is 0 Å². The first-order chi connectivity index (χ1) is 13.3. The van der Waals surface area contributed by atoms with Crippen molar-refractivity contribution >= 4 is 5.97 Å². The highest BCUT2D eigenvalue weighted by Gasteiger charge is 2.55. The Kier molecular flexibility index (Phi) is 6.08. The van der Waals surface area contributed by atoms with E-state index in [0.717, 1.165) is 6.26 Å². The van der Waals surface area contributed by atoms with Crippen LogP contribution in [0.5, 0.6) is 0 Å². The number of hydrogen-bond acceptors (Lipinski definition) is 11. The second-order valence-corrected chi connectivity index (χ2v) is 6.96. The molecule has 0 aromatic heterocycles. The average Bonchev–Trinajstić information content (AvgIpc) is 3.06. The molecule has 0 bridgehead atoms. The van der Waals surface area contributed by atoms with E-state index < -0.39 is 73.6 Å². The predicted octanol–water partition coefficient (Wildman–Crippen LogP) is -3.26. The normalized spacial score (nSPS) is 45.2. The summed E-state index contributed by atoms with van der Waals surface area (Å²) < 4.78 is 21.0. The molecule has 0 aromatic carbocycles. The SMILES string of the molecule is COC(=O)C1=CO[C@@H](O[C@@H]2O[C@H](CO)[C@@H](O)[C@H](O)[C@H]2O)[C@H]2[C@H]1C=C[C@]2(O)CO. The number of hydrogen-bond donors (Lipinski definition) is 6. The minimum Gasteiger partial charge on any atom is -0.471 e. The van der Waals surface area contributed by atoms with Crippen molar-refractivity contribution in [1.82, 2.24) is 0 Å². The van der Waals surface area contributed by atoms with Gasteiger partial charge < -0.3 is 49.6 Å². The number of methoxy groups -OCH3 is 1. The summed E-state index contributed by atoms with van der Waals surface area (Å²) in [5, 5.41) is 59.5. The largest absolute Gasteiger partial charge is 0.471 e. The zero-order valence-electron chi connectivity index (χ0n) is 15.0. The second-order valence-electron chi connectivity index (χ2n) is 6.96. The van der Waals surface area contributed by atoms with Gasteiger partial charge in [0.05, 0.1) is 38.1 Å². The third kappa shape index (κ3) is 3.44. The molecule has 0 aromatic rings. The number of ether oxygens (including phenoxy) is 4. The molecule has 28 heavy (non-hydrogen) atoms. The van der Waals surface area contributed by atoms with Gasteiger partial charge in [0, 0.05) is 5.92 Å². The first-order valence-electron chi connectivity index (χ1n) is 8.69. The topological polar surface area (TPSA) is 175 Å². The van der Waals surface area contributed by atoms with Crippen LogP contribution >= 0.6 is 0 Å². The van der Waals surface area contributed by atoms with Gasteiger partial charge in [-0.2, -0.15) is 0 Å². The van der Waals surface area contributed by atoms with Gasteiger partial charge >= 0.3 is 5.97 Å². The maximum Gasteiger partial charge on any atom is 0.337 e. The van der Waals surface area contributed by atoms with Gasteiger partial charge in [0.1, 0.15) is 30.0 Å². The van der Waals surface area contributed by atoms with Crippen molar-refractivity contribution in [3.8, 4) is 0 Å². The smallest absolute Gasteiger partial charge is 0.337 e. The molecule has 3 aliphatic rings. The lowest BCUT2D eigenvalue weighted by Gasteiger charge is -2.44. The van der Waals surface area contributed by atoms with Crippen LogP contribution in [0.2, 0.25) is 0 Å². The Morgan fingerprint density at radius 1 is 1.18 bits per heavy atom. The van der Waals surface area contributed by atoms with Gasteiger partial charge in [-0.1, -0.05) is 12.2 Å². The van der Waals surface area contributed by atoms with Crippen LogP contribution in [0.1, 0.15) is 0 Å². The van der Waals surface area contributed by atoms with Crippen LogP contribution < -0.4 is 0 Å². The lowest BCUT2D eigenvalue weighted by Crippen LogP contribution is -2.61. The Hall–Kier alpha value is -1.57. The number of rotatable bonds is 5. The highest BCUT2D eigenvalue weighted by Crippen LogP contribution is 2.45. The van der Waals surface area contributed by atoms with E-state index in [1.807, 2.05) is 0 Å². The van der Waals surface area contributed by atoms with Crippen LogP contribution in [0.3, 0.4) is 0 Å². The summed E-state index contributed by atoms with van der Waals surface area (Å²) in [7, 11) is 1.19. The Morgan fingerprint density at radius 3 is 2.50 bits per heavy atom. The van der Waals surface area contributed by atoms with Crippen LogP contribution in [0.25, 0.3) is 0 Å². The van der Waals surface area contributed by atoms with Gasteiger partial charge in [-0.05, 0) is 0 Å². The fraction of sp³-hybridized carbons (Fsp3) is 0.706. The molecule has 1 saturated heterocycles. The van der Waals surface area contributed by atoms with Crippen molar-refractivity contribution in [3.05, 3.63) is 24.0 Å². The minimum absolute atomic E-state index is 0.0989. The molecule has 2 heterocycles. The van der Waals surface area contributed by atoms with Gasteiger partial charge in [-0.3, -0.25) is 0 Å².